The highest BCUT2D eigenvalue weighted by Crippen LogP contribution is 2.17. The van der Waals surface area contributed by atoms with Gasteiger partial charge in [-0.1, -0.05) is 12.1 Å². The van der Waals surface area contributed by atoms with Crippen molar-refractivity contribution in [2.75, 3.05) is 6.54 Å². The molecule has 1 unspecified atom stereocenters. The van der Waals surface area contributed by atoms with E-state index < -0.39 is 23.5 Å². The number of benzene rings is 1. The maximum Gasteiger partial charge on any atom is 0.410 e. The van der Waals surface area contributed by atoms with Gasteiger partial charge in [-0.15, -0.1) is 0 Å². The molecule has 0 bridgehead atoms. The summed E-state index contributed by atoms with van der Waals surface area (Å²) in [6.07, 6.45) is -2.57. The summed E-state index contributed by atoms with van der Waals surface area (Å²) in [4.78, 5) is 45.7. The first-order valence-electron chi connectivity index (χ1n) is 6.36. The molecule has 2 rings (SSSR count). The van der Waals surface area contributed by atoms with Crippen LogP contribution >= 0.6 is 11.6 Å². The molecule has 1 amide bonds. The summed E-state index contributed by atoms with van der Waals surface area (Å²) in [6, 6.07) is 6.17. The molecule has 0 aliphatic carbocycles. The topological polar surface area (TPSA) is 101 Å². The van der Waals surface area contributed by atoms with Crippen molar-refractivity contribution < 1.29 is 29.0 Å². The predicted octanol–water partition coefficient (Wildman–Crippen LogP) is 1.43. The molecule has 116 valence electrons. The van der Waals surface area contributed by atoms with Gasteiger partial charge in [0.25, 0.3) is 5.24 Å². The number of carboxylic acid groups (broad SMARTS) is 1. The number of amides is 1. The van der Waals surface area contributed by atoms with Crippen LogP contribution in [0, 0.1) is 0 Å². The van der Waals surface area contributed by atoms with E-state index in [0.29, 0.717) is 11.1 Å². The van der Waals surface area contributed by atoms with Crippen LogP contribution in [0.3, 0.4) is 0 Å². The predicted molar refractivity (Wildman–Crippen MR) is 74.6 cm³/mol. The normalized spacial score (nSPS) is 17.2. The van der Waals surface area contributed by atoms with E-state index in [4.69, 9.17) is 21.4 Å². The summed E-state index contributed by atoms with van der Waals surface area (Å²) in [6.45, 7) is -0.375. The Bertz CT molecular complexity index is 627. The Morgan fingerprint density at radius 2 is 1.91 bits per heavy atom. The molecule has 0 saturated carbocycles. The Hall–Kier alpha value is -2.41. The molecule has 1 aliphatic heterocycles. The number of Topliss-reactive ketones (excluding diaryl/α,β-unsaturated/α-hetero) is 1. The molecular formula is C14H12ClNO6. The van der Waals surface area contributed by atoms with E-state index in [2.05, 4.69) is 0 Å². The molecular weight excluding hydrogens is 314 g/mol. The van der Waals surface area contributed by atoms with Crippen LogP contribution in [0.2, 0.25) is 0 Å². The third-order valence-electron chi connectivity index (χ3n) is 3.14. The second kappa shape index (κ2) is 6.57. The number of cyclic esters (lactones) is 1. The van der Waals surface area contributed by atoms with Crippen molar-refractivity contribution in [2.45, 2.75) is 19.1 Å². The van der Waals surface area contributed by atoms with Gasteiger partial charge < -0.3 is 9.84 Å². The van der Waals surface area contributed by atoms with Crippen LogP contribution in [0.15, 0.2) is 24.3 Å². The number of nitrogens with zero attached hydrogens (tertiary/aromatic N) is 1. The third-order valence-corrected chi connectivity index (χ3v) is 3.36. The van der Waals surface area contributed by atoms with Gasteiger partial charge in [0.1, 0.15) is 12.3 Å². The smallest absolute Gasteiger partial charge is 0.410 e. The fraction of sp³-hybridized carbons (Fsp3) is 0.286. The van der Waals surface area contributed by atoms with Gasteiger partial charge in [0.15, 0.2) is 6.23 Å². The molecule has 0 aromatic heterocycles. The first-order valence-corrected chi connectivity index (χ1v) is 6.74. The fourth-order valence-electron chi connectivity index (χ4n) is 2.08. The van der Waals surface area contributed by atoms with Crippen LogP contribution in [0.5, 0.6) is 0 Å². The van der Waals surface area contributed by atoms with Gasteiger partial charge in [0.05, 0.1) is 6.42 Å². The van der Waals surface area contributed by atoms with E-state index in [9.17, 15) is 19.2 Å². The summed E-state index contributed by atoms with van der Waals surface area (Å²) >= 11 is 5.32. The average molecular weight is 326 g/mol. The van der Waals surface area contributed by atoms with E-state index in [0.717, 1.165) is 4.90 Å². The number of esters is 1. The minimum Gasteiger partial charge on any atom is -0.465 e. The van der Waals surface area contributed by atoms with Crippen molar-refractivity contribution >= 4 is 34.7 Å². The lowest BCUT2D eigenvalue weighted by Gasteiger charge is -2.17. The van der Waals surface area contributed by atoms with Crippen LogP contribution in [0.25, 0.3) is 0 Å². The van der Waals surface area contributed by atoms with E-state index >= 15 is 0 Å². The number of rotatable bonds is 5. The second-order valence-electron chi connectivity index (χ2n) is 4.75. The van der Waals surface area contributed by atoms with Gasteiger partial charge in [-0.3, -0.25) is 19.3 Å². The molecule has 1 aliphatic rings. The minimum absolute atomic E-state index is 0.0399. The van der Waals surface area contributed by atoms with Crippen molar-refractivity contribution in [1.29, 1.82) is 0 Å². The van der Waals surface area contributed by atoms with E-state index in [1.807, 2.05) is 0 Å². The Morgan fingerprint density at radius 1 is 1.27 bits per heavy atom. The van der Waals surface area contributed by atoms with Crippen molar-refractivity contribution in [3.63, 3.8) is 0 Å². The van der Waals surface area contributed by atoms with E-state index in [-0.39, 0.29) is 25.2 Å². The van der Waals surface area contributed by atoms with Crippen LogP contribution in [-0.4, -0.2) is 45.9 Å². The first kappa shape index (κ1) is 16.0. The molecule has 0 spiro atoms. The monoisotopic (exact) mass is 325 g/mol. The minimum atomic E-state index is -1.31. The zero-order valence-electron chi connectivity index (χ0n) is 11.3. The molecule has 1 heterocycles. The largest absolute Gasteiger partial charge is 0.465 e. The average Bonchev–Trinajstić information content (AvgIpc) is 2.80. The van der Waals surface area contributed by atoms with Crippen molar-refractivity contribution in [1.82, 2.24) is 4.90 Å². The summed E-state index contributed by atoms with van der Waals surface area (Å²) in [7, 11) is 0. The Labute approximate surface area is 130 Å². The van der Waals surface area contributed by atoms with Crippen LogP contribution in [0.4, 0.5) is 4.79 Å². The second-order valence-corrected chi connectivity index (χ2v) is 5.09. The van der Waals surface area contributed by atoms with Gasteiger partial charge in [-0.2, -0.15) is 0 Å². The Morgan fingerprint density at radius 3 is 2.45 bits per heavy atom. The van der Waals surface area contributed by atoms with Crippen molar-refractivity contribution in [3.05, 3.63) is 35.4 Å². The molecule has 1 aromatic rings. The number of hydrogen-bond donors (Lipinski definition) is 1. The highest BCUT2D eigenvalue weighted by molar-refractivity contribution is 6.67. The third kappa shape index (κ3) is 3.82. The van der Waals surface area contributed by atoms with Crippen LogP contribution < -0.4 is 0 Å². The quantitative estimate of drug-likeness (QED) is 0.649. The van der Waals surface area contributed by atoms with E-state index in [1.54, 1.807) is 12.1 Å². The molecule has 1 N–H and O–H groups in total. The summed E-state index contributed by atoms with van der Waals surface area (Å²) in [5.74, 6) is -0.957. The lowest BCUT2D eigenvalue weighted by molar-refractivity contribution is -0.142. The SMILES string of the molecule is O=C(Cc1ccc(C(=O)Cl)cc1)CC1OC(=O)CN1C(=O)O. The standard InChI is InChI=1S/C14H12ClNO6/c15-13(19)9-3-1-8(2-4-9)5-10(17)6-11-16(14(20)21)7-12(18)22-11/h1-4,11H,5-7H2,(H,20,21). The number of hydrogen-bond acceptors (Lipinski definition) is 5. The molecule has 22 heavy (non-hydrogen) atoms. The lowest BCUT2D eigenvalue weighted by atomic mass is 10.0. The Kier molecular flexibility index (Phi) is 4.77. The molecule has 1 fully saturated rings. The van der Waals surface area contributed by atoms with Gasteiger partial charge in [-0.25, -0.2) is 4.79 Å². The van der Waals surface area contributed by atoms with Crippen LogP contribution in [-0.2, 0) is 20.7 Å². The highest BCUT2D eigenvalue weighted by atomic mass is 35.5. The maximum atomic E-state index is 12.0. The van der Waals surface area contributed by atoms with Crippen molar-refractivity contribution in [3.8, 4) is 0 Å². The van der Waals surface area contributed by atoms with Gasteiger partial charge in [-0.05, 0) is 29.3 Å². The molecule has 7 nitrogen and oxygen atoms in total. The maximum absolute atomic E-state index is 12.0. The fourth-order valence-corrected chi connectivity index (χ4v) is 2.21. The van der Waals surface area contributed by atoms with Crippen LogP contribution in [0.1, 0.15) is 22.3 Å². The number of carbonyl (C=O) groups is 4. The molecule has 0 radical (unpaired) electrons. The molecule has 8 heteroatoms. The molecule has 1 atom stereocenters. The van der Waals surface area contributed by atoms with E-state index in [1.165, 1.54) is 12.1 Å². The van der Waals surface area contributed by atoms with Gasteiger partial charge in [0.2, 0.25) is 0 Å². The zero-order valence-corrected chi connectivity index (χ0v) is 12.1. The van der Waals surface area contributed by atoms with Gasteiger partial charge >= 0.3 is 12.1 Å². The Balaban J connectivity index is 1.96. The molecule has 1 aromatic carbocycles. The number of carbonyl (C=O) groups excluding carboxylic acids is 3. The summed E-state index contributed by atoms with van der Waals surface area (Å²) < 4.78 is 4.82. The number of halogens is 1. The number of ether oxygens (including phenoxy) is 1. The zero-order chi connectivity index (χ0) is 16.3. The lowest BCUT2D eigenvalue weighted by Crippen LogP contribution is -2.36. The van der Waals surface area contributed by atoms with Crippen molar-refractivity contribution in [2.24, 2.45) is 0 Å². The summed E-state index contributed by atoms with van der Waals surface area (Å²) in [5.41, 5.74) is 0.970. The van der Waals surface area contributed by atoms with Gasteiger partial charge in [0, 0.05) is 12.0 Å². The summed E-state index contributed by atoms with van der Waals surface area (Å²) in [5, 5.41) is 8.33. The molecule has 1 saturated heterocycles. The highest BCUT2D eigenvalue weighted by Gasteiger charge is 2.36. The first-order chi connectivity index (χ1) is 10.4. The number of ketones is 1.